The number of rotatable bonds is 6. The fourth-order valence-corrected chi connectivity index (χ4v) is 5.36. The molecule has 2 aliphatic rings. The number of aromatic nitrogens is 5. The quantitative estimate of drug-likeness (QED) is 0.414. The Morgan fingerprint density at radius 3 is 2.44 bits per heavy atom. The Bertz CT molecular complexity index is 1240. The van der Waals surface area contributed by atoms with Gasteiger partial charge in [-0.05, 0) is 55.7 Å². The van der Waals surface area contributed by atoms with E-state index in [4.69, 9.17) is 14.6 Å². The second kappa shape index (κ2) is 9.14. The molecule has 0 bridgehead atoms. The van der Waals surface area contributed by atoms with Crippen molar-refractivity contribution in [3.8, 4) is 34.1 Å². The Balaban J connectivity index is 1.29. The van der Waals surface area contributed by atoms with Gasteiger partial charge in [0.2, 0.25) is 5.82 Å². The first-order valence-corrected chi connectivity index (χ1v) is 12.3. The molecule has 1 N–H and O–H groups in total. The maximum Gasteiger partial charge on any atom is 0.262 e. The third-order valence-corrected chi connectivity index (χ3v) is 7.27. The lowest BCUT2D eigenvalue weighted by Gasteiger charge is -2.31. The standard InChI is InChI=1S/C27H29N5O2/c33-23-15-19(16-23)14-18-6-8-21(9-7-18)26-30-27(34-31-26)24-17-29-32(22-4-2-1-3-5-22)25(24)20-10-12-28-13-11-20/h6-13,17,19,22-23,33H,1-5,14-16H2. The van der Waals surface area contributed by atoms with Crippen LogP contribution in [0.3, 0.4) is 0 Å². The largest absolute Gasteiger partial charge is 0.393 e. The van der Waals surface area contributed by atoms with E-state index in [2.05, 4.69) is 27.0 Å². The summed E-state index contributed by atoms with van der Waals surface area (Å²) in [6, 6.07) is 12.8. The summed E-state index contributed by atoms with van der Waals surface area (Å²) in [5, 5.41) is 18.6. The molecule has 2 aliphatic carbocycles. The van der Waals surface area contributed by atoms with Crippen molar-refractivity contribution in [1.82, 2.24) is 24.9 Å². The summed E-state index contributed by atoms with van der Waals surface area (Å²) in [5.41, 5.74) is 5.13. The molecule has 0 radical (unpaired) electrons. The van der Waals surface area contributed by atoms with Crippen molar-refractivity contribution in [3.05, 3.63) is 60.6 Å². The smallest absolute Gasteiger partial charge is 0.262 e. The van der Waals surface area contributed by atoms with Gasteiger partial charge < -0.3 is 9.63 Å². The van der Waals surface area contributed by atoms with Gasteiger partial charge in [-0.1, -0.05) is 48.7 Å². The molecule has 0 spiro atoms. The minimum Gasteiger partial charge on any atom is -0.393 e. The number of hydrogen-bond donors (Lipinski definition) is 1. The topological polar surface area (TPSA) is 89.9 Å². The molecule has 0 amide bonds. The van der Waals surface area contributed by atoms with Crippen molar-refractivity contribution >= 4 is 0 Å². The minimum atomic E-state index is -0.110. The van der Waals surface area contributed by atoms with Gasteiger partial charge in [0.1, 0.15) is 0 Å². The Hall–Kier alpha value is -3.32. The van der Waals surface area contributed by atoms with Crippen molar-refractivity contribution in [2.24, 2.45) is 5.92 Å². The summed E-state index contributed by atoms with van der Waals surface area (Å²) in [4.78, 5) is 8.93. The normalized spacial score (nSPS) is 20.9. The monoisotopic (exact) mass is 455 g/mol. The Labute approximate surface area is 198 Å². The zero-order valence-corrected chi connectivity index (χ0v) is 19.2. The SMILES string of the molecule is OC1CC(Cc2ccc(-c3noc(-c4cnn(C5CCCCC5)c4-c4ccncc4)n3)cc2)C1. The van der Waals surface area contributed by atoms with E-state index < -0.39 is 0 Å². The lowest BCUT2D eigenvalue weighted by atomic mass is 9.78. The van der Waals surface area contributed by atoms with Gasteiger partial charge in [0.05, 0.1) is 29.6 Å². The van der Waals surface area contributed by atoms with Crippen LogP contribution in [0.1, 0.15) is 56.6 Å². The fraction of sp³-hybridized carbons (Fsp3) is 0.407. The second-order valence-corrected chi connectivity index (χ2v) is 9.69. The van der Waals surface area contributed by atoms with E-state index >= 15 is 0 Å². The predicted molar refractivity (Wildman–Crippen MR) is 129 cm³/mol. The van der Waals surface area contributed by atoms with E-state index in [0.717, 1.165) is 54.5 Å². The highest BCUT2D eigenvalue weighted by atomic mass is 16.5. The first kappa shape index (κ1) is 21.2. The summed E-state index contributed by atoms with van der Waals surface area (Å²) < 4.78 is 7.90. The maximum absolute atomic E-state index is 9.52. The number of aliphatic hydroxyl groups is 1. The highest BCUT2D eigenvalue weighted by Gasteiger charge is 2.27. The molecule has 0 saturated heterocycles. The van der Waals surface area contributed by atoms with Gasteiger partial charge in [-0.2, -0.15) is 10.1 Å². The average Bonchev–Trinajstić information content (AvgIpc) is 3.52. The van der Waals surface area contributed by atoms with Gasteiger partial charge in [0, 0.05) is 23.5 Å². The molecule has 2 fully saturated rings. The van der Waals surface area contributed by atoms with Crippen molar-refractivity contribution in [3.63, 3.8) is 0 Å². The minimum absolute atomic E-state index is 0.110. The van der Waals surface area contributed by atoms with E-state index in [9.17, 15) is 5.11 Å². The van der Waals surface area contributed by atoms with Gasteiger partial charge >= 0.3 is 0 Å². The van der Waals surface area contributed by atoms with E-state index in [1.165, 1.54) is 24.8 Å². The molecule has 4 aromatic rings. The molecule has 0 aliphatic heterocycles. The lowest BCUT2D eigenvalue weighted by molar-refractivity contribution is 0.0432. The highest BCUT2D eigenvalue weighted by molar-refractivity contribution is 5.77. The molecular formula is C27H29N5O2. The number of nitrogens with zero attached hydrogens (tertiary/aromatic N) is 5. The van der Waals surface area contributed by atoms with E-state index in [-0.39, 0.29) is 6.10 Å². The lowest BCUT2D eigenvalue weighted by Crippen LogP contribution is -2.29. The third-order valence-electron chi connectivity index (χ3n) is 7.27. The van der Waals surface area contributed by atoms with Gasteiger partial charge in [-0.25, -0.2) is 0 Å². The van der Waals surface area contributed by atoms with Gasteiger partial charge in [0.25, 0.3) is 5.89 Å². The summed E-state index contributed by atoms with van der Waals surface area (Å²) >= 11 is 0. The van der Waals surface area contributed by atoms with Crippen molar-refractivity contribution < 1.29 is 9.63 Å². The molecule has 7 nitrogen and oxygen atoms in total. The van der Waals surface area contributed by atoms with Crippen LogP contribution in [-0.4, -0.2) is 36.1 Å². The number of benzene rings is 1. The van der Waals surface area contributed by atoms with E-state index in [0.29, 0.717) is 23.7 Å². The summed E-state index contributed by atoms with van der Waals surface area (Å²) in [6.07, 6.45) is 14.2. The molecular weight excluding hydrogens is 426 g/mol. The zero-order valence-electron chi connectivity index (χ0n) is 19.2. The van der Waals surface area contributed by atoms with Crippen molar-refractivity contribution in [2.75, 3.05) is 0 Å². The second-order valence-electron chi connectivity index (χ2n) is 9.69. The molecule has 0 unspecified atom stereocenters. The summed E-state index contributed by atoms with van der Waals surface area (Å²) in [5.74, 6) is 1.65. The van der Waals surface area contributed by atoms with Crippen molar-refractivity contribution in [1.29, 1.82) is 0 Å². The number of hydrogen-bond acceptors (Lipinski definition) is 6. The molecule has 34 heavy (non-hydrogen) atoms. The molecule has 2 saturated carbocycles. The molecule has 1 aromatic carbocycles. The number of aliphatic hydroxyl groups excluding tert-OH is 1. The van der Waals surface area contributed by atoms with Crippen molar-refractivity contribution in [2.45, 2.75) is 63.5 Å². The molecule has 0 atom stereocenters. The van der Waals surface area contributed by atoms with Crippen LogP contribution in [0.25, 0.3) is 34.1 Å². The summed E-state index contributed by atoms with van der Waals surface area (Å²) in [6.45, 7) is 0. The van der Waals surface area contributed by atoms with Crippen LogP contribution in [0, 0.1) is 5.92 Å². The van der Waals surface area contributed by atoms with Crippen LogP contribution in [0.2, 0.25) is 0 Å². The Kier molecular flexibility index (Phi) is 5.71. The molecule has 174 valence electrons. The third kappa shape index (κ3) is 4.16. The van der Waals surface area contributed by atoms with Crippen LogP contribution in [0.15, 0.2) is 59.5 Å². The Morgan fingerprint density at radius 1 is 0.941 bits per heavy atom. The van der Waals surface area contributed by atoms with Gasteiger partial charge in [-0.3, -0.25) is 9.67 Å². The maximum atomic E-state index is 9.52. The van der Waals surface area contributed by atoms with Crippen LogP contribution >= 0.6 is 0 Å². The summed E-state index contributed by atoms with van der Waals surface area (Å²) in [7, 11) is 0. The highest BCUT2D eigenvalue weighted by Crippen LogP contribution is 2.38. The fourth-order valence-electron chi connectivity index (χ4n) is 5.36. The predicted octanol–water partition coefficient (Wildman–Crippen LogP) is 5.48. The average molecular weight is 456 g/mol. The zero-order chi connectivity index (χ0) is 22.9. The van der Waals surface area contributed by atoms with Gasteiger partial charge in [0.15, 0.2) is 0 Å². The molecule has 3 aromatic heterocycles. The van der Waals surface area contributed by atoms with Crippen LogP contribution in [0.5, 0.6) is 0 Å². The molecule has 3 heterocycles. The first-order chi connectivity index (χ1) is 16.7. The van der Waals surface area contributed by atoms with Crippen LogP contribution in [-0.2, 0) is 6.42 Å². The van der Waals surface area contributed by atoms with E-state index in [1.54, 1.807) is 0 Å². The first-order valence-electron chi connectivity index (χ1n) is 12.3. The van der Waals surface area contributed by atoms with Gasteiger partial charge in [-0.15, -0.1) is 0 Å². The van der Waals surface area contributed by atoms with E-state index in [1.807, 2.05) is 42.9 Å². The molecule has 6 rings (SSSR count). The molecule has 7 heteroatoms. The number of pyridine rings is 1. The Morgan fingerprint density at radius 2 is 1.71 bits per heavy atom. The van der Waals surface area contributed by atoms with Crippen LogP contribution < -0.4 is 0 Å². The van der Waals surface area contributed by atoms with Crippen LogP contribution in [0.4, 0.5) is 0 Å².